The smallest absolute Gasteiger partial charge is 0.332 e. The molecule has 1 aliphatic carbocycles. The lowest BCUT2D eigenvalue weighted by molar-refractivity contribution is -0.168. The van der Waals surface area contributed by atoms with Crippen LogP contribution in [0.2, 0.25) is 0 Å². The number of hydrogen-bond acceptors (Lipinski definition) is 6. The molecule has 0 spiro atoms. The summed E-state index contributed by atoms with van der Waals surface area (Å²) >= 11 is 0. The Morgan fingerprint density at radius 1 is 1.12 bits per heavy atom. The van der Waals surface area contributed by atoms with E-state index in [1.165, 1.54) is 0 Å². The summed E-state index contributed by atoms with van der Waals surface area (Å²) in [5.41, 5.74) is -0.147. The lowest BCUT2D eigenvalue weighted by Gasteiger charge is -2.32. The third-order valence-electron chi connectivity index (χ3n) is 5.28. The first kappa shape index (κ1) is 26.3. The minimum atomic E-state index is -1.48. The van der Waals surface area contributed by atoms with E-state index >= 15 is 0 Å². The van der Waals surface area contributed by atoms with Gasteiger partial charge in [-0.3, -0.25) is 9.59 Å². The molecule has 0 bridgehead atoms. The van der Waals surface area contributed by atoms with Crippen molar-refractivity contribution in [1.29, 1.82) is 0 Å². The van der Waals surface area contributed by atoms with Gasteiger partial charge in [-0.2, -0.15) is 0 Å². The van der Waals surface area contributed by atoms with Crippen LogP contribution in [0.3, 0.4) is 0 Å². The first-order valence-corrected chi connectivity index (χ1v) is 11.3. The van der Waals surface area contributed by atoms with E-state index in [4.69, 9.17) is 9.47 Å². The van der Waals surface area contributed by atoms with Crippen molar-refractivity contribution in [2.24, 2.45) is 0 Å². The Morgan fingerprint density at radius 3 is 2.30 bits per heavy atom. The summed E-state index contributed by atoms with van der Waals surface area (Å²) < 4.78 is 11.4. The van der Waals surface area contributed by atoms with Crippen LogP contribution in [-0.2, 0) is 35.1 Å². The molecule has 9 heteroatoms. The predicted molar refractivity (Wildman–Crippen MR) is 120 cm³/mol. The quantitative estimate of drug-likeness (QED) is 0.338. The molecule has 1 aliphatic rings. The van der Waals surface area contributed by atoms with Gasteiger partial charge in [-0.1, -0.05) is 36.8 Å². The number of carbonyl (C=O) groups excluding carboxylic acids is 3. The van der Waals surface area contributed by atoms with Crippen LogP contribution in [0.5, 0.6) is 0 Å². The summed E-state index contributed by atoms with van der Waals surface area (Å²) in [7, 11) is 0. The summed E-state index contributed by atoms with van der Waals surface area (Å²) in [5.74, 6) is -2.84. The predicted octanol–water partition coefficient (Wildman–Crippen LogP) is 1.97. The number of aliphatic carboxylic acids is 1. The fourth-order valence-electron chi connectivity index (χ4n) is 3.73. The fraction of sp³-hybridized carbons (Fsp3) is 0.583. The Morgan fingerprint density at radius 2 is 1.76 bits per heavy atom. The van der Waals surface area contributed by atoms with Crippen LogP contribution in [0.1, 0.15) is 58.4 Å². The summed E-state index contributed by atoms with van der Waals surface area (Å²) in [6.45, 7) is 5.07. The monoisotopic (exact) mass is 462 g/mol. The van der Waals surface area contributed by atoms with Crippen LogP contribution in [-0.4, -0.2) is 59.3 Å². The molecule has 1 saturated carbocycles. The number of benzene rings is 1. The Hall–Kier alpha value is -2.94. The highest BCUT2D eigenvalue weighted by Crippen LogP contribution is 2.22. The Balaban J connectivity index is 2.22. The van der Waals surface area contributed by atoms with Crippen molar-refractivity contribution in [2.75, 3.05) is 0 Å². The van der Waals surface area contributed by atoms with Gasteiger partial charge in [0.25, 0.3) is 5.91 Å². The van der Waals surface area contributed by atoms with Crippen molar-refractivity contribution < 1.29 is 33.8 Å². The molecule has 2 amide bonds. The molecule has 0 heterocycles. The molecule has 33 heavy (non-hydrogen) atoms. The second kappa shape index (κ2) is 12.3. The van der Waals surface area contributed by atoms with Crippen molar-refractivity contribution >= 4 is 24.3 Å². The molecule has 1 fully saturated rings. The van der Waals surface area contributed by atoms with Gasteiger partial charge in [0.1, 0.15) is 12.1 Å². The first-order valence-electron chi connectivity index (χ1n) is 11.3. The second-order valence-electron chi connectivity index (χ2n) is 9.20. The Kier molecular flexibility index (Phi) is 9.84. The zero-order valence-corrected chi connectivity index (χ0v) is 19.4. The number of carboxylic acids is 1. The average Bonchev–Trinajstić information content (AvgIpc) is 2.76. The van der Waals surface area contributed by atoms with Crippen LogP contribution in [0, 0.1) is 0 Å². The number of esters is 1. The summed E-state index contributed by atoms with van der Waals surface area (Å²) in [4.78, 5) is 49.2. The SMILES string of the molecule is CC(C)(C)O[C@H](C(=O)N[C@@H](Cc1ccccc1)C(=O)O)C(NC=O)C(=O)OC1CCCCC1. The highest BCUT2D eigenvalue weighted by molar-refractivity contribution is 5.92. The lowest BCUT2D eigenvalue weighted by Crippen LogP contribution is -2.59. The standard InChI is InChI=1S/C24H34N2O7/c1-24(2,3)33-20(19(25-15-27)23(31)32-17-12-8-5-9-13-17)21(28)26-18(22(29)30)14-16-10-6-4-7-11-16/h4,6-7,10-11,15,17-20H,5,8-9,12-14H2,1-3H3,(H,25,27)(H,26,28)(H,29,30)/t18-,19?,20-/m0/s1. The number of hydrogen-bond donors (Lipinski definition) is 3. The van der Waals surface area contributed by atoms with E-state index in [1.807, 2.05) is 0 Å². The van der Waals surface area contributed by atoms with Crippen molar-refractivity contribution in [3.63, 3.8) is 0 Å². The van der Waals surface area contributed by atoms with E-state index in [9.17, 15) is 24.3 Å². The molecular weight excluding hydrogens is 428 g/mol. The van der Waals surface area contributed by atoms with E-state index in [0.717, 1.165) is 24.8 Å². The highest BCUT2D eigenvalue weighted by Gasteiger charge is 2.40. The zero-order chi connectivity index (χ0) is 24.4. The Labute approximate surface area is 194 Å². The highest BCUT2D eigenvalue weighted by atomic mass is 16.6. The van der Waals surface area contributed by atoms with E-state index in [2.05, 4.69) is 10.6 Å². The molecular formula is C24H34N2O7. The molecule has 9 nitrogen and oxygen atoms in total. The van der Waals surface area contributed by atoms with Crippen LogP contribution in [0.15, 0.2) is 30.3 Å². The topological polar surface area (TPSA) is 131 Å². The molecule has 0 radical (unpaired) electrons. The number of carboxylic acid groups (broad SMARTS) is 1. The van der Waals surface area contributed by atoms with Gasteiger partial charge in [0.15, 0.2) is 12.1 Å². The number of rotatable bonds is 11. The molecule has 3 atom stereocenters. The molecule has 182 valence electrons. The van der Waals surface area contributed by atoms with Crippen molar-refractivity contribution in [3.05, 3.63) is 35.9 Å². The van der Waals surface area contributed by atoms with E-state index in [1.54, 1.807) is 51.1 Å². The van der Waals surface area contributed by atoms with Gasteiger partial charge >= 0.3 is 11.9 Å². The van der Waals surface area contributed by atoms with Crippen molar-refractivity contribution in [2.45, 2.75) is 89.2 Å². The third kappa shape index (κ3) is 8.84. The zero-order valence-electron chi connectivity index (χ0n) is 19.4. The molecule has 0 saturated heterocycles. The molecule has 0 aromatic heterocycles. The van der Waals surface area contributed by atoms with Gasteiger partial charge in [0, 0.05) is 6.42 Å². The van der Waals surface area contributed by atoms with Crippen LogP contribution >= 0.6 is 0 Å². The summed E-state index contributed by atoms with van der Waals surface area (Å²) in [6.07, 6.45) is 2.95. The van der Waals surface area contributed by atoms with Crippen LogP contribution < -0.4 is 10.6 Å². The number of carbonyl (C=O) groups is 4. The van der Waals surface area contributed by atoms with E-state index < -0.39 is 41.6 Å². The van der Waals surface area contributed by atoms with Gasteiger partial charge in [0.2, 0.25) is 6.41 Å². The summed E-state index contributed by atoms with van der Waals surface area (Å²) in [6, 6.07) is 6.18. The molecule has 1 aromatic rings. The van der Waals surface area contributed by atoms with Gasteiger partial charge in [-0.15, -0.1) is 0 Å². The Bertz CT molecular complexity index is 801. The minimum absolute atomic E-state index is 0.0441. The average molecular weight is 463 g/mol. The normalized spacial score (nSPS) is 17.3. The number of nitrogens with one attached hydrogen (secondary N) is 2. The van der Waals surface area contributed by atoms with E-state index in [-0.39, 0.29) is 12.5 Å². The maximum Gasteiger partial charge on any atom is 0.332 e. The molecule has 0 aliphatic heterocycles. The second-order valence-corrected chi connectivity index (χ2v) is 9.20. The molecule has 1 unspecified atom stereocenters. The van der Waals surface area contributed by atoms with Gasteiger partial charge in [-0.25, -0.2) is 9.59 Å². The molecule has 1 aromatic carbocycles. The summed E-state index contributed by atoms with van der Waals surface area (Å²) in [5, 5.41) is 14.4. The molecule has 3 N–H and O–H groups in total. The lowest BCUT2D eigenvalue weighted by atomic mass is 9.97. The first-order chi connectivity index (χ1) is 15.6. The van der Waals surface area contributed by atoms with Gasteiger partial charge < -0.3 is 25.2 Å². The largest absolute Gasteiger partial charge is 0.480 e. The maximum atomic E-state index is 13.2. The number of amides is 2. The molecule has 2 rings (SSSR count). The van der Waals surface area contributed by atoms with Crippen LogP contribution in [0.4, 0.5) is 0 Å². The fourth-order valence-corrected chi connectivity index (χ4v) is 3.73. The maximum absolute atomic E-state index is 13.2. The van der Waals surface area contributed by atoms with Crippen molar-refractivity contribution in [3.8, 4) is 0 Å². The third-order valence-corrected chi connectivity index (χ3v) is 5.28. The van der Waals surface area contributed by atoms with Crippen molar-refractivity contribution in [1.82, 2.24) is 10.6 Å². The van der Waals surface area contributed by atoms with Gasteiger partial charge in [-0.05, 0) is 52.0 Å². The van der Waals surface area contributed by atoms with Gasteiger partial charge in [0.05, 0.1) is 5.60 Å². The van der Waals surface area contributed by atoms with Crippen LogP contribution in [0.25, 0.3) is 0 Å². The number of ether oxygens (including phenoxy) is 2. The minimum Gasteiger partial charge on any atom is -0.480 e. The van der Waals surface area contributed by atoms with E-state index in [0.29, 0.717) is 19.3 Å².